The van der Waals surface area contributed by atoms with E-state index in [-0.39, 0.29) is 17.1 Å². The number of halogens is 2. The number of carbonyl (C=O) groups is 1. The molecule has 5 rings (SSSR count). The summed E-state index contributed by atoms with van der Waals surface area (Å²) in [7, 11) is 0. The molecule has 6 heteroatoms. The van der Waals surface area contributed by atoms with Crippen molar-refractivity contribution in [1.29, 1.82) is 0 Å². The van der Waals surface area contributed by atoms with Gasteiger partial charge in [0.25, 0.3) is 5.91 Å². The Hall–Kier alpha value is -3.08. The van der Waals surface area contributed by atoms with Crippen LogP contribution in [0.3, 0.4) is 0 Å². The van der Waals surface area contributed by atoms with Crippen LogP contribution in [0.25, 0.3) is 11.0 Å². The van der Waals surface area contributed by atoms with Crippen molar-refractivity contribution < 1.29 is 9.21 Å². The molecule has 1 aliphatic heterocycles. The highest BCUT2D eigenvalue weighted by Crippen LogP contribution is 2.42. The summed E-state index contributed by atoms with van der Waals surface area (Å²) in [4.78, 5) is 29.0. The van der Waals surface area contributed by atoms with E-state index in [0.717, 1.165) is 23.1 Å². The van der Waals surface area contributed by atoms with Crippen molar-refractivity contribution >= 4 is 45.8 Å². The lowest BCUT2D eigenvalue weighted by Gasteiger charge is -2.25. The molecule has 4 nitrogen and oxygen atoms in total. The van der Waals surface area contributed by atoms with Crippen LogP contribution >= 0.6 is 23.2 Å². The summed E-state index contributed by atoms with van der Waals surface area (Å²) in [6, 6.07) is 15.9. The van der Waals surface area contributed by atoms with Crippen molar-refractivity contribution in [1.82, 2.24) is 0 Å². The van der Waals surface area contributed by atoms with Crippen molar-refractivity contribution in [3.63, 3.8) is 0 Å². The van der Waals surface area contributed by atoms with E-state index >= 15 is 0 Å². The van der Waals surface area contributed by atoms with Crippen molar-refractivity contribution in [2.45, 2.75) is 33.2 Å². The van der Waals surface area contributed by atoms with Gasteiger partial charge in [0, 0.05) is 5.69 Å². The van der Waals surface area contributed by atoms with Crippen LogP contribution in [0.5, 0.6) is 0 Å². The van der Waals surface area contributed by atoms with Crippen LogP contribution in [0, 0.1) is 13.8 Å². The first-order valence-corrected chi connectivity index (χ1v) is 11.5. The van der Waals surface area contributed by atoms with Crippen LogP contribution in [0.2, 0.25) is 10.0 Å². The fraction of sp³-hybridized carbons (Fsp3) is 0.185. The van der Waals surface area contributed by atoms with Gasteiger partial charge in [0.2, 0.25) is 5.76 Å². The average molecular weight is 478 g/mol. The van der Waals surface area contributed by atoms with Crippen LogP contribution in [-0.4, -0.2) is 5.91 Å². The molecule has 0 aliphatic carbocycles. The summed E-state index contributed by atoms with van der Waals surface area (Å²) >= 11 is 12.5. The van der Waals surface area contributed by atoms with E-state index in [1.807, 2.05) is 50.2 Å². The number of rotatable bonds is 3. The second-order valence-corrected chi connectivity index (χ2v) is 9.19. The minimum absolute atomic E-state index is 0.0615. The first-order chi connectivity index (χ1) is 15.8. The quantitative estimate of drug-likeness (QED) is 0.318. The number of aryl methyl sites for hydroxylation is 3. The zero-order valence-electron chi connectivity index (χ0n) is 18.4. The molecule has 0 N–H and O–H groups in total. The van der Waals surface area contributed by atoms with Crippen LogP contribution in [0.15, 0.2) is 63.8 Å². The number of hydrogen-bond donors (Lipinski definition) is 0. The Bertz CT molecular complexity index is 1490. The van der Waals surface area contributed by atoms with Crippen molar-refractivity contribution in [2.24, 2.45) is 0 Å². The van der Waals surface area contributed by atoms with Gasteiger partial charge in [-0.2, -0.15) is 0 Å². The van der Waals surface area contributed by atoms with Crippen molar-refractivity contribution in [3.8, 4) is 0 Å². The Morgan fingerprint density at radius 1 is 0.909 bits per heavy atom. The normalized spacial score (nSPS) is 15.4. The summed E-state index contributed by atoms with van der Waals surface area (Å²) < 4.78 is 6.09. The molecule has 0 saturated heterocycles. The van der Waals surface area contributed by atoms with Gasteiger partial charge in [-0.15, -0.1) is 0 Å². The second-order valence-electron chi connectivity index (χ2n) is 8.38. The highest BCUT2D eigenvalue weighted by Gasteiger charge is 2.43. The van der Waals surface area contributed by atoms with Gasteiger partial charge in [-0.3, -0.25) is 14.5 Å². The van der Waals surface area contributed by atoms with Gasteiger partial charge in [0.1, 0.15) is 5.58 Å². The Balaban J connectivity index is 1.81. The van der Waals surface area contributed by atoms with Gasteiger partial charge >= 0.3 is 0 Å². The lowest BCUT2D eigenvalue weighted by Crippen LogP contribution is -2.29. The highest BCUT2D eigenvalue weighted by atomic mass is 35.5. The summed E-state index contributed by atoms with van der Waals surface area (Å²) in [6.45, 7) is 5.97. The smallest absolute Gasteiger partial charge is 0.295 e. The molecule has 33 heavy (non-hydrogen) atoms. The molecule has 1 unspecified atom stereocenters. The van der Waals surface area contributed by atoms with Gasteiger partial charge in [-0.25, -0.2) is 0 Å². The molecule has 2 heterocycles. The maximum atomic E-state index is 13.7. The molecule has 1 aromatic heterocycles. The standard InChI is InChI=1S/C27H21Cl2NO3/c1-4-16-5-8-18(9-6-16)30-24(17-7-10-20(28)21(29)13-17)23-25(31)19-11-14(2)15(3)12-22(19)33-26(23)27(30)32/h5-13,24H,4H2,1-3H3. The molecule has 0 bridgehead atoms. The predicted molar refractivity (Wildman–Crippen MR) is 133 cm³/mol. The summed E-state index contributed by atoms with van der Waals surface area (Å²) in [5.41, 5.74) is 5.00. The van der Waals surface area contributed by atoms with E-state index in [0.29, 0.717) is 37.8 Å². The highest BCUT2D eigenvalue weighted by molar-refractivity contribution is 6.42. The molecule has 0 radical (unpaired) electrons. The van der Waals surface area contributed by atoms with E-state index in [1.165, 1.54) is 0 Å². The zero-order chi connectivity index (χ0) is 23.4. The predicted octanol–water partition coefficient (Wildman–Crippen LogP) is 7.03. The van der Waals surface area contributed by atoms with Crippen LogP contribution in [0.4, 0.5) is 5.69 Å². The molecular formula is C27H21Cl2NO3. The maximum Gasteiger partial charge on any atom is 0.295 e. The van der Waals surface area contributed by atoms with Gasteiger partial charge in [-0.1, -0.05) is 48.3 Å². The van der Waals surface area contributed by atoms with Gasteiger partial charge in [0.15, 0.2) is 5.43 Å². The van der Waals surface area contributed by atoms with Crippen LogP contribution < -0.4 is 10.3 Å². The number of benzene rings is 3. The Morgan fingerprint density at radius 2 is 1.61 bits per heavy atom. The summed E-state index contributed by atoms with van der Waals surface area (Å²) in [6.07, 6.45) is 0.884. The third-order valence-corrected chi connectivity index (χ3v) is 7.11. The van der Waals surface area contributed by atoms with E-state index < -0.39 is 6.04 Å². The molecule has 166 valence electrons. The third kappa shape index (κ3) is 3.45. The van der Waals surface area contributed by atoms with E-state index in [2.05, 4.69) is 6.92 Å². The molecule has 1 atom stereocenters. The van der Waals surface area contributed by atoms with E-state index in [1.54, 1.807) is 23.1 Å². The van der Waals surface area contributed by atoms with Gasteiger partial charge in [0.05, 0.1) is 27.0 Å². The number of fused-ring (bicyclic) bond motifs is 2. The average Bonchev–Trinajstić information content (AvgIpc) is 3.10. The molecule has 0 saturated carbocycles. The number of carbonyl (C=O) groups excluding carboxylic acids is 1. The molecule has 1 amide bonds. The maximum absolute atomic E-state index is 13.7. The Morgan fingerprint density at radius 3 is 2.27 bits per heavy atom. The van der Waals surface area contributed by atoms with Gasteiger partial charge < -0.3 is 4.42 Å². The topological polar surface area (TPSA) is 50.5 Å². The van der Waals surface area contributed by atoms with E-state index in [9.17, 15) is 9.59 Å². The summed E-state index contributed by atoms with van der Waals surface area (Å²) in [5, 5.41) is 1.21. The van der Waals surface area contributed by atoms with Crippen molar-refractivity contribution in [3.05, 3.63) is 108 Å². The third-order valence-electron chi connectivity index (χ3n) is 6.37. The minimum Gasteiger partial charge on any atom is -0.450 e. The lowest BCUT2D eigenvalue weighted by molar-refractivity contribution is 0.0971. The lowest BCUT2D eigenvalue weighted by atomic mass is 9.97. The largest absolute Gasteiger partial charge is 0.450 e. The SMILES string of the molecule is CCc1ccc(N2C(=O)c3oc4cc(C)c(C)cc4c(=O)c3C2c2ccc(Cl)c(Cl)c2)cc1. The molecular weight excluding hydrogens is 457 g/mol. The second kappa shape index (κ2) is 8.05. The number of anilines is 1. The first kappa shape index (κ1) is 21.7. The number of hydrogen-bond acceptors (Lipinski definition) is 3. The minimum atomic E-state index is -0.683. The Labute approximate surface area is 201 Å². The molecule has 4 aromatic rings. The molecule has 3 aromatic carbocycles. The first-order valence-electron chi connectivity index (χ1n) is 10.8. The molecule has 1 aliphatic rings. The van der Waals surface area contributed by atoms with Crippen molar-refractivity contribution in [2.75, 3.05) is 4.90 Å². The van der Waals surface area contributed by atoms with Gasteiger partial charge in [-0.05, 0) is 78.9 Å². The monoisotopic (exact) mass is 477 g/mol. The molecule has 0 spiro atoms. The molecule has 0 fully saturated rings. The van der Waals surface area contributed by atoms with E-state index in [4.69, 9.17) is 27.6 Å². The fourth-order valence-electron chi connectivity index (χ4n) is 4.38. The zero-order valence-corrected chi connectivity index (χ0v) is 19.9. The number of amides is 1. The summed E-state index contributed by atoms with van der Waals surface area (Å²) in [5.74, 6) is -0.297. The number of nitrogens with zero attached hydrogens (tertiary/aromatic N) is 1. The fourth-order valence-corrected chi connectivity index (χ4v) is 4.69. The van der Waals surface area contributed by atoms with Crippen LogP contribution in [-0.2, 0) is 6.42 Å². The van der Waals surface area contributed by atoms with Crippen LogP contribution in [0.1, 0.15) is 51.3 Å². The Kier molecular flexibility index (Phi) is 5.31.